The minimum Gasteiger partial charge on any atom is -0.457 e. The quantitative estimate of drug-likeness (QED) is 0.794. The summed E-state index contributed by atoms with van der Waals surface area (Å²) < 4.78 is 5.73. The molecule has 0 saturated carbocycles. The molecule has 94 valence electrons. The Morgan fingerprint density at radius 3 is 2.58 bits per heavy atom. The van der Waals surface area contributed by atoms with Crippen molar-refractivity contribution >= 4 is 11.6 Å². The Hall–Kier alpha value is -2.40. The van der Waals surface area contributed by atoms with Gasteiger partial charge < -0.3 is 4.74 Å². The van der Waals surface area contributed by atoms with Gasteiger partial charge in [-0.2, -0.15) is 5.21 Å². The van der Waals surface area contributed by atoms with Gasteiger partial charge in [0.25, 0.3) is 0 Å². The third-order valence-electron chi connectivity index (χ3n) is 2.49. The van der Waals surface area contributed by atoms with E-state index in [-0.39, 0.29) is 0 Å². The number of benzene rings is 2. The summed E-state index contributed by atoms with van der Waals surface area (Å²) in [6, 6.07) is 14.6. The fourth-order valence-corrected chi connectivity index (χ4v) is 1.75. The van der Waals surface area contributed by atoms with Crippen LogP contribution >= 0.6 is 11.6 Å². The number of nitrogens with zero attached hydrogens (tertiary/aromatic N) is 3. The Kier molecular flexibility index (Phi) is 3.12. The van der Waals surface area contributed by atoms with Gasteiger partial charge in [-0.15, -0.1) is 10.2 Å². The first kappa shape index (κ1) is 11.7. The second-order valence-electron chi connectivity index (χ2n) is 3.82. The number of aromatic nitrogens is 4. The van der Waals surface area contributed by atoms with Crippen molar-refractivity contribution in [1.29, 1.82) is 0 Å². The molecule has 0 bridgehead atoms. The van der Waals surface area contributed by atoms with Crippen LogP contribution in [0.4, 0.5) is 0 Å². The van der Waals surface area contributed by atoms with Gasteiger partial charge in [0.15, 0.2) is 0 Å². The molecule has 6 heteroatoms. The van der Waals surface area contributed by atoms with Crippen molar-refractivity contribution in [3.8, 4) is 22.9 Å². The van der Waals surface area contributed by atoms with Crippen LogP contribution in [0.3, 0.4) is 0 Å². The van der Waals surface area contributed by atoms with Gasteiger partial charge >= 0.3 is 0 Å². The fraction of sp³-hybridized carbons (Fsp3) is 0. The van der Waals surface area contributed by atoms with Gasteiger partial charge in [0.1, 0.15) is 11.5 Å². The van der Waals surface area contributed by atoms with E-state index in [1.54, 1.807) is 12.1 Å². The van der Waals surface area contributed by atoms with E-state index in [4.69, 9.17) is 16.3 Å². The zero-order chi connectivity index (χ0) is 13.1. The molecule has 0 spiro atoms. The number of rotatable bonds is 3. The summed E-state index contributed by atoms with van der Waals surface area (Å²) in [6.45, 7) is 0. The van der Waals surface area contributed by atoms with E-state index >= 15 is 0 Å². The first-order valence-corrected chi connectivity index (χ1v) is 5.96. The lowest BCUT2D eigenvalue weighted by Gasteiger charge is -2.06. The van der Waals surface area contributed by atoms with Crippen LogP contribution in [-0.4, -0.2) is 20.6 Å². The average Bonchev–Trinajstić information content (AvgIpc) is 2.96. The Balaban J connectivity index is 1.85. The summed E-state index contributed by atoms with van der Waals surface area (Å²) in [6.07, 6.45) is 0. The monoisotopic (exact) mass is 272 g/mol. The van der Waals surface area contributed by atoms with Crippen molar-refractivity contribution in [2.24, 2.45) is 0 Å². The third-order valence-corrected chi connectivity index (χ3v) is 2.74. The zero-order valence-electron chi connectivity index (χ0n) is 9.75. The smallest absolute Gasteiger partial charge is 0.204 e. The summed E-state index contributed by atoms with van der Waals surface area (Å²) in [5, 5.41) is 14.5. The molecular formula is C13H9ClN4O. The van der Waals surface area contributed by atoms with Gasteiger partial charge in [-0.1, -0.05) is 23.7 Å². The molecule has 5 nitrogen and oxygen atoms in total. The van der Waals surface area contributed by atoms with Crippen LogP contribution in [0.15, 0.2) is 48.5 Å². The molecule has 2 aromatic carbocycles. The number of nitrogens with one attached hydrogen (secondary N) is 1. The lowest BCUT2D eigenvalue weighted by Crippen LogP contribution is -1.86. The summed E-state index contributed by atoms with van der Waals surface area (Å²) in [5.74, 6) is 1.95. The van der Waals surface area contributed by atoms with Crippen molar-refractivity contribution in [2.45, 2.75) is 0 Å². The van der Waals surface area contributed by atoms with Crippen LogP contribution in [0, 0.1) is 0 Å². The number of hydrogen-bond donors (Lipinski definition) is 1. The lowest BCUT2D eigenvalue weighted by atomic mass is 10.2. The minimum atomic E-state index is 0.529. The number of ether oxygens (including phenoxy) is 1. The predicted octanol–water partition coefficient (Wildman–Crippen LogP) is 3.31. The summed E-state index contributed by atoms with van der Waals surface area (Å²) in [7, 11) is 0. The molecule has 0 atom stereocenters. The van der Waals surface area contributed by atoms with Crippen molar-refractivity contribution in [2.75, 3.05) is 0 Å². The molecule has 0 saturated heterocycles. The standard InChI is InChI=1S/C13H9ClN4O/c14-10-4-6-11(7-5-10)19-12-3-1-2-9(8-12)13-15-17-18-16-13/h1-8H,(H,15,16,17,18). The second-order valence-corrected chi connectivity index (χ2v) is 4.26. The van der Waals surface area contributed by atoms with Crippen molar-refractivity contribution in [3.63, 3.8) is 0 Å². The molecule has 0 unspecified atom stereocenters. The third kappa shape index (κ3) is 2.71. The molecule has 0 aliphatic carbocycles. The molecule has 3 aromatic rings. The van der Waals surface area contributed by atoms with Crippen molar-refractivity contribution in [1.82, 2.24) is 20.6 Å². The van der Waals surface area contributed by atoms with Gasteiger partial charge in [-0.25, -0.2) is 0 Å². The van der Waals surface area contributed by atoms with Crippen LogP contribution < -0.4 is 4.74 Å². The molecule has 0 amide bonds. The number of hydrogen-bond acceptors (Lipinski definition) is 4. The number of tetrazole rings is 1. The minimum absolute atomic E-state index is 0.529. The molecule has 3 rings (SSSR count). The highest BCUT2D eigenvalue weighted by atomic mass is 35.5. The van der Waals surface area contributed by atoms with Gasteiger partial charge in [0.05, 0.1) is 0 Å². The average molecular weight is 273 g/mol. The maximum Gasteiger partial charge on any atom is 0.204 e. The Morgan fingerprint density at radius 2 is 1.84 bits per heavy atom. The highest BCUT2D eigenvalue weighted by Gasteiger charge is 2.04. The molecule has 0 aliphatic rings. The van der Waals surface area contributed by atoms with Crippen LogP contribution in [0.1, 0.15) is 0 Å². The molecule has 1 heterocycles. The summed E-state index contributed by atoms with van der Waals surface area (Å²) in [5.41, 5.74) is 0.834. The number of aromatic amines is 1. The van der Waals surface area contributed by atoms with E-state index in [0.29, 0.717) is 16.6 Å². The molecule has 19 heavy (non-hydrogen) atoms. The maximum atomic E-state index is 5.82. The molecule has 1 aromatic heterocycles. The van der Waals surface area contributed by atoms with Gasteiger partial charge in [0.2, 0.25) is 5.82 Å². The van der Waals surface area contributed by atoms with Crippen LogP contribution in [-0.2, 0) is 0 Å². The van der Waals surface area contributed by atoms with Crippen molar-refractivity contribution in [3.05, 3.63) is 53.6 Å². The second kappa shape index (κ2) is 5.07. The van der Waals surface area contributed by atoms with E-state index in [9.17, 15) is 0 Å². The highest BCUT2D eigenvalue weighted by molar-refractivity contribution is 6.30. The highest BCUT2D eigenvalue weighted by Crippen LogP contribution is 2.26. The first-order chi connectivity index (χ1) is 9.31. The van der Waals surface area contributed by atoms with Gasteiger partial charge in [0, 0.05) is 10.6 Å². The molecule has 1 N–H and O–H groups in total. The zero-order valence-corrected chi connectivity index (χ0v) is 10.5. The summed E-state index contributed by atoms with van der Waals surface area (Å²) in [4.78, 5) is 0. The van der Waals surface area contributed by atoms with Crippen LogP contribution in [0.25, 0.3) is 11.4 Å². The van der Waals surface area contributed by atoms with Gasteiger partial charge in [-0.3, -0.25) is 0 Å². The largest absolute Gasteiger partial charge is 0.457 e. The van der Waals surface area contributed by atoms with Gasteiger partial charge in [-0.05, 0) is 41.6 Å². The van der Waals surface area contributed by atoms with E-state index in [0.717, 1.165) is 11.3 Å². The molecule has 0 aliphatic heterocycles. The molecule has 0 radical (unpaired) electrons. The van der Waals surface area contributed by atoms with Crippen LogP contribution in [0.5, 0.6) is 11.5 Å². The molecule has 0 fully saturated rings. The predicted molar refractivity (Wildman–Crippen MR) is 71.1 cm³/mol. The maximum absolute atomic E-state index is 5.82. The number of halogens is 1. The van der Waals surface area contributed by atoms with E-state index in [1.807, 2.05) is 36.4 Å². The summed E-state index contributed by atoms with van der Waals surface area (Å²) >= 11 is 5.82. The van der Waals surface area contributed by atoms with E-state index in [2.05, 4.69) is 20.6 Å². The van der Waals surface area contributed by atoms with Crippen LogP contribution in [0.2, 0.25) is 5.02 Å². The topological polar surface area (TPSA) is 63.7 Å². The SMILES string of the molecule is Clc1ccc(Oc2cccc(-c3nn[nH]n3)c2)cc1. The Morgan fingerprint density at radius 1 is 1.00 bits per heavy atom. The normalized spacial score (nSPS) is 10.4. The van der Waals surface area contributed by atoms with Crippen molar-refractivity contribution < 1.29 is 4.74 Å². The Bertz CT molecular complexity index is 667. The fourth-order valence-electron chi connectivity index (χ4n) is 1.62. The molecular weight excluding hydrogens is 264 g/mol. The lowest BCUT2D eigenvalue weighted by molar-refractivity contribution is 0.483. The Labute approximate surface area is 114 Å². The van der Waals surface area contributed by atoms with E-state index < -0.39 is 0 Å². The number of H-pyrrole nitrogens is 1. The first-order valence-electron chi connectivity index (χ1n) is 5.58. The van der Waals surface area contributed by atoms with E-state index in [1.165, 1.54) is 0 Å².